The van der Waals surface area contributed by atoms with Gasteiger partial charge in [-0.15, -0.1) is 0 Å². The average Bonchev–Trinajstić information content (AvgIpc) is 3.28. The number of nitrogens with zero attached hydrogens (tertiary/aromatic N) is 2. The molecule has 1 aliphatic heterocycles. The van der Waals surface area contributed by atoms with E-state index in [9.17, 15) is 14.4 Å². The monoisotopic (exact) mass is 384 g/mol. The number of aryl methyl sites for hydroxylation is 2. The van der Waals surface area contributed by atoms with Crippen molar-refractivity contribution in [1.29, 1.82) is 0 Å². The fraction of sp³-hybridized carbons (Fsp3) is 0.350. The molecule has 28 heavy (non-hydrogen) atoms. The molecule has 2 heterocycles. The summed E-state index contributed by atoms with van der Waals surface area (Å²) >= 11 is 0. The molecule has 1 saturated heterocycles. The molecule has 0 aliphatic carbocycles. The number of primary amides is 1. The van der Waals surface area contributed by atoms with Crippen molar-refractivity contribution in [3.8, 4) is 5.75 Å². The first-order valence-electron chi connectivity index (χ1n) is 9.04. The Morgan fingerprint density at radius 2 is 2.00 bits per heavy atom. The van der Waals surface area contributed by atoms with Crippen molar-refractivity contribution < 1.29 is 19.1 Å². The summed E-state index contributed by atoms with van der Waals surface area (Å²) in [5.74, 6) is -0.608. The Morgan fingerprint density at radius 3 is 2.64 bits per heavy atom. The lowest BCUT2D eigenvalue weighted by Gasteiger charge is -2.24. The van der Waals surface area contributed by atoms with Gasteiger partial charge in [-0.2, -0.15) is 0 Å². The molecule has 1 aromatic carbocycles. The Balaban J connectivity index is 1.81. The summed E-state index contributed by atoms with van der Waals surface area (Å²) in [5.41, 5.74) is 7.43. The number of nitrogens with two attached hydrogens (primary N) is 1. The van der Waals surface area contributed by atoms with Crippen LogP contribution >= 0.6 is 0 Å². The summed E-state index contributed by atoms with van der Waals surface area (Å²) < 4.78 is 6.86. The van der Waals surface area contributed by atoms with Crippen LogP contribution in [0.3, 0.4) is 0 Å². The van der Waals surface area contributed by atoms with E-state index >= 15 is 0 Å². The minimum absolute atomic E-state index is 0.260. The second kappa shape index (κ2) is 7.75. The van der Waals surface area contributed by atoms with Crippen molar-refractivity contribution in [2.24, 2.45) is 12.8 Å². The van der Waals surface area contributed by atoms with Crippen LogP contribution in [0.25, 0.3) is 0 Å². The summed E-state index contributed by atoms with van der Waals surface area (Å²) in [6.45, 7) is 2.39. The van der Waals surface area contributed by atoms with Crippen molar-refractivity contribution >= 4 is 23.4 Å². The minimum Gasteiger partial charge on any atom is -0.495 e. The molecule has 1 unspecified atom stereocenters. The van der Waals surface area contributed by atoms with Crippen molar-refractivity contribution in [3.63, 3.8) is 0 Å². The summed E-state index contributed by atoms with van der Waals surface area (Å²) in [6.07, 6.45) is 2.80. The first-order chi connectivity index (χ1) is 13.3. The average molecular weight is 384 g/mol. The second-order valence-corrected chi connectivity index (χ2v) is 6.94. The van der Waals surface area contributed by atoms with Crippen LogP contribution < -0.4 is 15.8 Å². The van der Waals surface area contributed by atoms with Crippen molar-refractivity contribution in [1.82, 2.24) is 9.47 Å². The maximum Gasteiger partial charge on any atom is 0.271 e. The van der Waals surface area contributed by atoms with Gasteiger partial charge in [-0.3, -0.25) is 14.4 Å². The molecule has 8 heteroatoms. The molecule has 2 aromatic rings. The largest absolute Gasteiger partial charge is 0.495 e. The van der Waals surface area contributed by atoms with E-state index in [1.54, 1.807) is 17.7 Å². The number of nitrogens with one attached hydrogen (secondary N) is 1. The number of amides is 3. The van der Waals surface area contributed by atoms with Gasteiger partial charge in [0, 0.05) is 19.8 Å². The lowest BCUT2D eigenvalue weighted by Crippen LogP contribution is -2.43. The maximum atomic E-state index is 13.0. The number of hydrogen-bond donors (Lipinski definition) is 2. The smallest absolute Gasteiger partial charge is 0.271 e. The third kappa shape index (κ3) is 3.71. The van der Waals surface area contributed by atoms with Gasteiger partial charge in [0.2, 0.25) is 11.8 Å². The van der Waals surface area contributed by atoms with Crippen molar-refractivity contribution in [2.45, 2.75) is 25.8 Å². The predicted molar refractivity (Wildman–Crippen MR) is 104 cm³/mol. The topological polar surface area (TPSA) is 107 Å². The van der Waals surface area contributed by atoms with Crippen LogP contribution in [0, 0.1) is 6.92 Å². The van der Waals surface area contributed by atoms with Crippen LogP contribution in [-0.4, -0.2) is 46.9 Å². The molecule has 0 saturated carbocycles. The van der Waals surface area contributed by atoms with Gasteiger partial charge in [0.25, 0.3) is 5.91 Å². The lowest BCUT2D eigenvalue weighted by atomic mass is 10.1. The van der Waals surface area contributed by atoms with Gasteiger partial charge in [-0.25, -0.2) is 0 Å². The number of anilines is 1. The Kier molecular flexibility index (Phi) is 5.39. The van der Waals surface area contributed by atoms with Gasteiger partial charge in [0.15, 0.2) is 0 Å². The second-order valence-electron chi connectivity index (χ2n) is 6.94. The number of likely N-dealkylation sites (tertiary alicyclic amines) is 1. The van der Waals surface area contributed by atoms with Crippen LogP contribution in [-0.2, 0) is 11.8 Å². The van der Waals surface area contributed by atoms with E-state index in [4.69, 9.17) is 10.5 Å². The molecule has 0 spiro atoms. The normalized spacial score (nSPS) is 16.1. The van der Waals surface area contributed by atoms with Crippen LogP contribution in [0.5, 0.6) is 5.75 Å². The van der Waals surface area contributed by atoms with Crippen LogP contribution in [0.4, 0.5) is 5.69 Å². The highest BCUT2D eigenvalue weighted by Crippen LogP contribution is 2.27. The minimum atomic E-state index is -0.600. The maximum absolute atomic E-state index is 13.0. The zero-order valence-electron chi connectivity index (χ0n) is 16.2. The molecule has 0 radical (unpaired) electrons. The van der Waals surface area contributed by atoms with E-state index in [0.29, 0.717) is 30.1 Å². The van der Waals surface area contributed by atoms with E-state index in [-0.39, 0.29) is 17.4 Å². The van der Waals surface area contributed by atoms with Gasteiger partial charge in [0.05, 0.1) is 18.4 Å². The van der Waals surface area contributed by atoms with Crippen LogP contribution in [0.1, 0.15) is 39.3 Å². The molecule has 3 amide bonds. The quantitative estimate of drug-likeness (QED) is 0.818. The summed E-state index contributed by atoms with van der Waals surface area (Å²) in [5, 5.41) is 2.88. The molecule has 8 nitrogen and oxygen atoms in total. The first-order valence-corrected chi connectivity index (χ1v) is 9.04. The highest BCUT2D eigenvalue weighted by atomic mass is 16.5. The van der Waals surface area contributed by atoms with Gasteiger partial charge in [-0.1, -0.05) is 6.07 Å². The molecule has 3 N–H and O–H groups in total. The van der Waals surface area contributed by atoms with E-state index in [0.717, 1.165) is 12.0 Å². The molecule has 1 atom stereocenters. The third-order valence-electron chi connectivity index (χ3n) is 4.94. The zero-order chi connectivity index (χ0) is 20.4. The van der Waals surface area contributed by atoms with Gasteiger partial charge in [0.1, 0.15) is 17.5 Å². The Labute approximate surface area is 163 Å². The van der Waals surface area contributed by atoms with Gasteiger partial charge in [-0.05, 0) is 43.5 Å². The van der Waals surface area contributed by atoms with Crippen molar-refractivity contribution in [2.75, 3.05) is 19.0 Å². The van der Waals surface area contributed by atoms with E-state index in [1.165, 1.54) is 24.3 Å². The standard InChI is InChI=1S/C20H24N4O4/c1-12-6-7-17(28-3)14(9-12)22-19(26)15-5-4-8-24(15)20(27)16-10-13(18(21)25)11-23(16)2/h6-7,9-11,15H,4-5,8H2,1-3H3,(H2,21,25)(H,22,26). The van der Waals surface area contributed by atoms with Crippen LogP contribution in [0.2, 0.25) is 0 Å². The number of methoxy groups -OCH3 is 1. The molecule has 1 fully saturated rings. The number of rotatable bonds is 5. The number of benzene rings is 1. The fourth-order valence-corrected chi connectivity index (χ4v) is 3.48. The summed E-state index contributed by atoms with van der Waals surface area (Å²) in [6, 6.07) is 6.38. The zero-order valence-corrected chi connectivity index (χ0v) is 16.2. The summed E-state index contributed by atoms with van der Waals surface area (Å²) in [7, 11) is 3.21. The number of hydrogen-bond acceptors (Lipinski definition) is 4. The lowest BCUT2D eigenvalue weighted by molar-refractivity contribution is -0.119. The predicted octanol–water partition coefficient (Wildman–Crippen LogP) is 1.68. The number of carbonyl (C=O) groups excluding carboxylic acids is 3. The highest BCUT2D eigenvalue weighted by molar-refractivity contribution is 6.03. The molecular weight excluding hydrogens is 360 g/mol. The molecule has 3 rings (SSSR count). The van der Waals surface area contributed by atoms with Gasteiger partial charge >= 0.3 is 0 Å². The third-order valence-corrected chi connectivity index (χ3v) is 4.94. The molecule has 1 aliphatic rings. The van der Waals surface area contributed by atoms with E-state index < -0.39 is 11.9 Å². The highest BCUT2D eigenvalue weighted by Gasteiger charge is 2.36. The Bertz CT molecular complexity index is 934. The molecule has 1 aromatic heterocycles. The molecule has 0 bridgehead atoms. The first kappa shape index (κ1) is 19.5. The number of aromatic nitrogens is 1. The van der Waals surface area contributed by atoms with Crippen molar-refractivity contribution in [3.05, 3.63) is 47.3 Å². The van der Waals surface area contributed by atoms with E-state index in [2.05, 4.69) is 5.32 Å². The summed E-state index contributed by atoms with van der Waals surface area (Å²) in [4.78, 5) is 38.8. The number of ether oxygens (including phenoxy) is 1. The van der Waals surface area contributed by atoms with Gasteiger partial charge < -0.3 is 25.3 Å². The number of carbonyl (C=O) groups is 3. The fourth-order valence-electron chi connectivity index (χ4n) is 3.48. The molecular formula is C20H24N4O4. The Hall–Kier alpha value is -3.29. The Morgan fingerprint density at radius 1 is 1.25 bits per heavy atom. The SMILES string of the molecule is COc1ccc(C)cc1NC(=O)C1CCCN1C(=O)c1cc(C(N)=O)cn1C. The van der Waals surface area contributed by atoms with E-state index in [1.807, 2.05) is 19.1 Å². The molecule has 148 valence electrons. The van der Waals surface area contributed by atoms with Crippen LogP contribution in [0.15, 0.2) is 30.5 Å².